The minimum atomic E-state index is 0.219. The molecule has 1 saturated carbocycles. The van der Waals surface area contributed by atoms with Gasteiger partial charge in [0.15, 0.2) is 0 Å². The molecule has 1 unspecified atom stereocenters. The Kier molecular flexibility index (Phi) is 5.06. The summed E-state index contributed by atoms with van der Waals surface area (Å²) in [4.78, 5) is 2.43. The Balaban J connectivity index is 1.99. The second-order valence-corrected chi connectivity index (χ2v) is 5.95. The standard InChI is InChI=1S/C16H28N2O/c1-4-13-6-8-14(9-7-13)18(3)15(11-17)16-10-5-12(2)19-16/h5,10,13-15H,4,6-9,11,17H2,1-3H3. The fourth-order valence-electron chi connectivity index (χ4n) is 3.33. The fraction of sp³-hybridized carbons (Fsp3) is 0.750. The smallest absolute Gasteiger partial charge is 0.122 e. The topological polar surface area (TPSA) is 42.4 Å². The van der Waals surface area contributed by atoms with E-state index in [0.717, 1.165) is 17.4 Å². The van der Waals surface area contributed by atoms with Crippen LogP contribution in [0.1, 0.15) is 56.6 Å². The van der Waals surface area contributed by atoms with E-state index in [-0.39, 0.29) is 6.04 Å². The summed E-state index contributed by atoms with van der Waals surface area (Å²) in [5, 5.41) is 0. The van der Waals surface area contributed by atoms with E-state index in [1.54, 1.807) is 0 Å². The zero-order valence-corrected chi connectivity index (χ0v) is 12.6. The first kappa shape index (κ1) is 14.6. The minimum absolute atomic E-state index is 0.219. The van der Waals surface area contributed by atoms with Gasteiger partial charge in [-0.25, -0.2) is 0 Å². The van der Waals surface area contributed by atoms with Gasteiger partial charge in [-0.05, 0) is 57.7 Å². The first-order valence-corrected chi connectivity index (χ1v) is 7.64. The average Bonchev–Trinajstić information content (AvgIpc) is 2.86. The lowest BCUT2D eigenvalue weighted by Gasteiger charge is -2.38. The Bertz CT molecular complexity index is 380. The molecule has 0 saturated heterocycles. The Hall–Kier alpha value is -0.800. The molecule has 0 bridgehead atoms. The van der Waals surface area contributed by atoms with Gasteiger partial charge in [0.1, 0.15) is 11.5 Å². The van der Waals surface area contributed by atoms with Gasteiger partial charge < -0.3 is 10.2 Å². The lowest BCUT2D eigenvalue weighted by Crippen LogP contribution is -2.40. The Labute approximate surface area is 117 Å². The van der Waals surface area contributed by atoms with Gasteiger partial charge in [0.25, 0.3) is 0 Å². The number of likely N-dealkylation sites (N-methyl/N-ethyl adjacent to an activating group) is 1. The van der Waals surface area contributed by atoms with Crippen molar-refractivity contribution in [3.63, 3.8) is 0 Å². The van der Waals surface area contributed by atoms with Crippen molar-refractivity contribution < 1.29 is 4.42 Å². The monoisotopic (exact) mass is 264 g/mol. The zero-order chi connectivity index (χ0) is 13.8. The first-order chi connectivity index (χ1) is 9.15. The van der Waals surface area contributed by atoms with Crippen LogP contribution in [0.5, 0.6) is 0 Å². The SMILES string of the molecule is CCC1CCC(N(C)C(CN)c2ccc(C)o2)CC1. The summed E-state index contributed by atoms with van der Waals surface area (Å²) < 4.78 is 5.77. The van der Waals surface area contributed by atoms with Crippen LogP contribution < -0.4 is 5.73 Å². The molecule has 108 valence electrons. The number of aryl methyl sites for hydroxylation is 1. The summed E-state index contributed by atoms with van der Waals surface area (Å²) in [5.41, 5.74) is 5.97. The summed E-state index contributed by atoms with van der Waals surface area (Å²) >= 11 is 0. The predicted octanol–water partition coefficient (Wildman–Crippen LogP) is 3.49. The van der Waals surface area contributed by atoms with Crippen molar-refractivity contribution in [2.75, 3.05) is 13.6 Å². The van der Waals surface area contributed by atoms with E-state index in [2.05, 4.69) is 24.9 Å². The van der Waals surface area contributed by atoms with Crippen LogP contribution in [0.2, 0.25) is 0 Å². The third kappa shape index (κ3) is 3.40. The maximum absolute atomic E-state index is 5.97. The van der Waals surface area contributed by atoms with Gasteiger partial charge in [0.05, 0.1) is 6.04 Å². The molecule has 1 fully saturated rings. The van der Waals surface area contributed by atoms with Crippen LogP contribution in [0.15, 0.2) is 16.5 Å². The molecule has 0 aromatic carbocycles. The molecule has 2 rings (SSSR count). The molecular formula is C16H28N2O. The molecule has 1 heterocycles. The summed E-state index contributed by atoms with van der Waals surface area (Å²) in [5.74, 6) is 2.92. The highest BCUT2D eigenvalue weighted by Gasteiger charge is 2.28. The molecule has 2 N–H and O–H groups in total. The van der Waals surface area contributed by atoms with E-state index in [1.807, 2.05) is 13.0 Å². The van der Waals surface area contributed by atoms with Crippen molar-refractivity contribution >= 4 is 0 Å². The second kappa shape index (κ2) is 6.58. The highest BCUT2D eigenvalue weighted by Crippen LogP contribution is 2.32. The first-order valence-electron chi connectivity index (χ1n) is 7.64. The van der Waals surface area contributed by atoms with E-state index in [1.165, 1.54) is 32.1 Å². The average molecular weight is 264 g/mol. The van der Waals surface area contributed by atoms with Crippen LogP contribution in [0.4, 0.5) is 0 Å². The molecule has 0 amide bonds. The van der Waals surface area contributed by atoms with E-state index >= 15 is 0 Å². The molecule has 1 aromatic rings. The number of nitrogens with two attached hydrogens (primary N) is 1. The highest BCUT2D eigenvalue weighted by atomic mass is 16.3. The lowest BCUT2D eigenvalue weighted by molar-refractivity contribution is 0.110. The summed E-state index contributed by atoms with van der Waals surface area (Å²) in [6.07, 6.45) is 6.64. The molecule has 0 aliphatic heterocycles. The van der Waals surface area contributed by atoms with Crippen molar-refractivity contribution in [3.05, 3.63) is 23.7 Å². The third-order valence-corrected chi connectivity index (χ3v) is 4.77. The van der Waals surface area contributed by atoms with Gasteiger partial charge in [-0.3, -0.25) is 4.90 Å². The van der Waals surface area contributed by atoms with Crippen molar-refractivity contribution in [2.45, 2.75) is 58.0 Å². The van der Waals surface area contributed by atoms with E-state index in [9.17, 15) is 0 Å². The highest BCUT2D eigenvalue weighted by molar-refractivity contribution is 5.10. The zero-order valence-electron chi connectivity index (χ0n) is 12.6. The molecule has 3 nitrogen and oxygen atoms in total. The minimum Gasteiger partial charge on any atom is -0.465 e. The maximum Gasteiger partial charge on any atom is 0.122 e. The number of hydrogen-bond donors (Lipinski definition) is 1. The molecular weight excluding hydrogens is 236 g/mol. The Morgan fingerprint density at radius 1 is 1.32 bits per heavy atom. The number of rotatable bonds is 5. The van der Waals surface area contributed by atoms with Gasteiger partial charge in [-0.1, -0.05) is 13.3 Å². The van der Waals surface area contributed by atoms with Crippen LogP contribution in [-0.4, -0.2) is 24.5 Å². The summed E-state index contributed by atoms with van der Waals surface area (Å²) in [6.45, 7) is 4.92. The summed E-state index contributed by atoms with van der Waals surface area (Å²) in [7, 11) is 2.20. The van der Waals surface area contributed by atoms with E-state index < -0.39 is 0 Å². The van der Waals surface area contributed by atoms with Crippen molar-refractivity contribution in [1.82, 2.24) is 4.90 Å². The Morgan fingerprint density at radius 2 is 2.00 bits per heavy atom. The van der Waals surface area contributed by atoms with Crippen LogP contribution >= 0.6 is 0 Å². The lowest BCUT2D eigenvalue weighted by atomic mass is 9.83. The second-order valence-electron chi connectivity index (χ2n) is 5.95. The molecule has 1 aliphatic rings. The third-order valence-electron chi connectivity index (χ3n) is 4.77. The quantitative estimate of drug-likeness (QED) is 0.885. The van der Waals surface area contributed by atoms with Crippen LogP contribution in [-0.2, 0) is 0 Å². The van der Waals surface area contributed by atoms with Crippen molar-refractivity contribution in [3.8, 4) is 0 Å². The molecule has 3 heteroatoms. The van der Waals surface area contributed by atoms with E-state index in [0.29, 0.717) is 12.6 Å². The van der Waals surface area contributed by atoms with Gasteiger partial charge in [0, 0.05) is 12.6 Å². The number of furan rings is 1. The Morgan fingerprint density at radius 3 is 2.47 bits per heavy atom. The van der Waals surface area contributed by atoms with E-state index in [4.69, 9.17) is 10.2 Å². The normalized spacial score (nSPS) is 25.7. The van der Waals surface area contributed by atoms with Crippen LogP contribution in [0, 0.1) is 12.8 Å². The molecule has 0 radical (unpaired) electrons. The van der Waals surface area contributed by atoms with Crippen molar-refractivity contribution in [1.29, 1.82) is 0 Å². The van der Waals surface area contributed by atoms with Gasteiger partial charge in [-0.2, -0.15) is 0 Å². The van der Waals surface area contributed by atoms with Gasteiger partial charge in [-0.15, -0.1) is 0 Å². The van der Waals surface area contributed by atoms with Gasteiger partial charge >= 0.3 is 0 Å². The van der Waals surface area contributed by atoms with Crippen molar-refractivity contribution in [2.24, 2.45) is 11.7 Å². The van der Waals surface area contributed by atoms with Crippen LogP contribution in [0.25, 0.3) is 0 Å². The maximum atomic E-state index is 5.97. The molecule has 1 aliphatic carbocycles. The predicted molar refractivity (Wildman–Crippen MR) is 79.0 cm³/mol. The molecule has 1 atom stereocenters. The number of nitrogens with zero attached hydrogens (tertiary/aromatic N) is 1. The molecule has 0 spiro atoms. The van der Waals surface area contributed by atoms with Gasteiger partial charge in [0.2, 0.25) is 0 Å². The summed E-state index contributed by atoms with van der Waals surface area (Å²) in [6, 6.07) is 4.97. The molecule has 19 heavy (non-hydrogen) atoms. The van der Waals surface area contributed by atoms with Crippen LogP contribution in [0.3, 0.4) is 0 Å². The molecule has 1 aromatic heterocycles. The number of hydrogen-bond acceptors (Lipinski definition) is 3. The largest absolute Gasteiger partial charge is 0.465 e. The fourth-order valence-corrected chi connectivity index (χ4v) is 3.33.